The van der Waals surface area contributed by atoms with E-state index >= 15 is 0 Å². The third kappa shape index (κ3) is 4.21. The normalized spacial score (nSPS) is 26.2. The number of nitrogens with zero attached hydrogens (tertiary/aromatic N) is 1. The Bertz CT molecular complexity index is 335. The molecule has 0 aromatic heterocycles. The summed E-state index contributed by atoms with van der Waals surface area (Å²) in [6.07, 6.45) is -3.30. The summed E-state index contributed by atoms with van der Waals surface area (Å²) < 4.78 is 37.7. The second-order valence-corrected chi connectivity index (χ2v) is 4.88. The Kier molecular flexibility index (Phi) is 5.00. The van der Waals surface area contributed by atoms with Gasteiger partial charge in [0.25, 0.3) is 0 Å². The predicted octanol–water partition coefficient (Wildman–Crippen LogP) is 2.63. The van der Waals surface area contributed by atoms with Crippen molar-refractivity contribution in [2.75, 3.05) is 6.54 Å². The zero-order valence-corrected chi connectivity index (χ0v) is 10.3. The molecular weight excluding hydrogens is 245 g/mol. The van der Waals surface area contributed by atoms with Gasteiger partial charge in [-0.2, -0.15) is 18.4 Å². The quantitative estimate of drug-likeness (QED) is 0.850. The molecule has 0 heterocycles. The maximum absolute atomic E-state index is 12.6. The Morgan fingerprint density at radius 3 is 2.72 bits per heavy atom. The first-order chi connectivity index (χ1) is 8.34. The van der Waals surface area contributed by atoms with Gasteiger partial charge in [-0.3, -0.25) is 4.79 Å². The highest BCUT2D eigenvalue weighted by Gasteiger charge is 2.43. The van der Waals surface area contributed by atoms with Crippen LogP contribution in [0.1, 0.15) is 32.6 Å². The first-order valence-corrected chi connectivity index (χ1v) is 6.08. The number of hydrogen-bond acceptors (Lipinski definition) is 2. The highest BCUT2D eigenvalue weighted by atomic mass is 19.4. The summed E-state index contributed by atoms with van der Waals surface area (Å²) in [4.78, 5) is 11.7. The van der Waals surface area contributed by atoms with Gasteiger partial charge in [0.15, 0.2) is 0 Å². The van der Waals surface area contributed by atoms with Crippen molar-refractivity contribution >= 4 is 5.91 Å². The van der Waals surface area contributed by atoms with Crippen LogP contribution in [-0.4, -0.2) is 18.6 Å². The smallest absolute Gasteiger partial charge is 0.355 e. The molecule has 18 heavy (non-hydrogen) atoms. The molecule has 6 heteroatoms. The highest BCUT2D eigenvalue weighted by Crippen LogP contribution is 2.39. The summed E-state index contributed by atoms with van der Waals surface area (Å²) in [5, 5.41) is 11.1. The second-order valence-electron chi connectivity index (χ2n) is 4.88. The predicted molar refractivity (Wildman–Crippen MR) is 59.3 cm³/mol. The van der Waals surface area contributed by atoms with Gasteiger partial charge < -0.3 is 5.32 Å². The zero-order chi connectivity index (χ0) is 13.8. The summed E-state index contributed by atoms with van der Waals surface area (Å²) in [5.41, 5.74) is 0. The molecule has 0 aromatic carbocycles. The minimum absolute atomic E-state index is 0.113. The lowest BCUT2D eigenvalue weighted by Crippen LogP contribution is -2.38. The van der Waals surface area contributed by atoms with Crippen molar-refractivity contribution in [1.29, 1.82) is 5.26 Å². The molecule has 0 radical (unpaired) electrons. The van der Waals surface area contributed by atoms with E-state index in [4.69, 9.17) is 5.26 Å². The average molecular weight is 262 g/mol. The lowest BCUT2D eigenvalue weighted by Gasteiger charge is -2.29. The Balaban J connectivity index is 2.47. The molecule has 1 amide bonds. The summed E-state index contributed by atoms with van der Waals surface area (Å²) in [7, 11) is 0. The van der Waals surface area contributed by atoms with Gasteiger partial charge in [0.05, 0.1) is 17.9 Å². The third-order valence-electron chi connectivity index (χ3n) is 3.31. The van der Waals surface area contributed by atoms with Crippen LogP contribution in [0.5, 0.6) is 0 Å². The van der Waals surface area contributed by atoms with Crippen LogP contribution in [0.4, 0.5) is 13.2 Å². The molecule has 0 saturated heterocycles. The molecule has 0 aliphatic heterocycles. The molecule has 102 valence electrons. The molecule has 1 rings (SSSR count). The van der Waals surface area contributed by atoms with Crippen molar-refractivity contribution in [3.05, 3.63) is 0 Å². The van der Waals surface area contributed by atoms with E-state index in [1.807, 2.05) is 6.07 Å². The van der Waals surface area contributed by atoms with Crippen molar-refractivity contribution < 1.29 is 18.0 Å². The number of amides is 1. The SMILES string of the molecule is CC(C#N)CNC(=O)C1CCCC(C(F)(F)F)C1. The molecule has 3 unspecified atom stereocenters. The van der Waals surface area contributed by atoms with Crippen LogP contribution in [0.3, 0.4) is 0 Å². The number of hydrogen-bond donors (Lipinski definition) is 1. The fraction of sp³-hybridized carbons (Fsp3) is 0.833. The topological polar surface area (TPSA) is 52.9 Å². The second kappa shape index (κ2) is 6.07. The van der Waals surface area contributed by atoms with E-state index in [0.717, 1.165) is 0 Å². The lowest BCUT2D eigenvalue weighted by atomic mass is 9.80. The summed E-state index contributed by atoms with van der Waals surface area (Å²) >= 11 is 0. The number of halogens is 3. The summed E-state index contributed by atoms with van der Waals surface area (Å²) in [6.45, 7) is 1.85. The molecular formula is C12H17F3N2O. The molecule has 0 bridgehead atoms. The van der Waals surface area contributed by atoms with Crippen LogP contribution in [0, 0.1) is 29.1 Å². The monoisotopic (exact) mass is 262 g/mol. The summed E-state index contributed by atoms with van der Waals surface area (Å²) in [6, 6.07) is 1.96. The zero-order valence-electron chi connectivity index (χ0n) is 10.3. The van der Waals surface area contributed by atoms with Crippen molar-refractivity contribution in [2.45, 2.75) is 38.8 Å². The fourth-order valence-corrected chi connectivity index (χ4v) is 2.17. The van der Waals surface area contributed by atoms with E-state index in [1.54, 1.807) is 6.92 Å². The molecule has 0 aromatic rings. The Hall–Kier alpha value is -1.25. The summed E-state index contributed by atoms with van der Waals surface area (Å²) in [5.74, 6) is -2.62. The minimum atomic E-state index is -4.21. The van der Waals surface area contributed by atoms with Crippen molar-refractivity contribution in [2.24, 2.45) is 17.8 Å². The Labute approximate surface area is 104 Å². The third-order valence-corrected chi connectivity index (χ3v) is 3.31. The highest BCUT2D eigenvalue weighted by molar-refractivity contribution is 5.78. The van der Waals surface area contributed by atoms with E-state index in [-0.39, 0.29) is 31.2 Å². The van der Waals surface area contributed by atoms with Crippen LogP contribution in [0.25, 0.3) is 0 Å². The van der Waals surface area contributed by atoms with Gasteiger partial charge in [-0.05, 0) is 26.2 Å². The molecule has 1 fully saturated rings. The Morgan fingerprint density at radius 2 is 2.17 bits per heavy atom. The first-order valence-electron chi connectivity index (χ1n) is 6.08. The number of nitriles is 1. The largest absolute Gasteiger partial charge is 0.391 e. The van der Waals surface area contributed by atoms with Crippen molar-refractivity contribution in [1.82, 2.24) is 5.32 Å². The maximum atomic E-state index is 12.6. The Morgan fingerprint density at radius 1 is 1.50 bits per heavy atom. The number of nitrogens with one attached hydrogen (secondary N) is 1. The van der Waals surface area contributed by atoms with Crippen LogP contribution >= 0.6 is 0 Å². The van der Waals surface area contributed by atoms with Crippen LogP contribution in [-0.2, 0) is 4.79 Å². The molecule has 1 N–H and O–H groups in total. The number of carbonyl (C=O) groups is 1. The van der Waals surface area contributed by atoms with E-state index in [0.29, 0.717) is 12.8 Å². The molecule has 3 atom stereocenters. The standard InChI is InChI=1S/C12H17F3N2O/c1-8(6-16)7-17-11(18)9-3-2-4-10(5-9)12(13,14)15/h8-10H,2-5,7H2,1H3,(H,17,18). The van der Waals surface area contributed by atoms with Crippen LogP contribution in [0.2, 0.25) is 0 Å². The van der Waals surface area contributed by atoms with Crippen LogP contribution < -0.4 is 5.32 Å². The van der Waals surface area contributed by atoms with E-state index in [9.17, 15) is 18.0 Å². The van der Waals surface area contributed by atoms with Gasteiger partial charge >= 0.3 is 6.18 Å². The average Bonchev–Trinajstić information content (AvgIpc) is 2.34. The number of rotatable bonds is 3. The first kappa shape index (κ1) is 14.8. The van der Waals surface area contributed by atoms with Gasteiger partial charge in [-0.25, -0.2) is 0 Å². The van der Waals surface area contributed by atoms with Gasteiger partial charge in [0.1, 0.15) is 0 Å². The van der Waals surface area contributed by atoms with Crippen molar-refractivity contribution in [3.63, 3.8) is 0 Å². The molecule has 3 nitrogen and oxygen atoms in total. The number of carbonyl (C=O) groups excluding carboxylic acids is 1. The van der Waals surface area contributed by atoms with Gasteiger partial charge in [-0.15, -0.1) is 0 Å². The van der Waals surface area contributed by atoms with E-state index in [1.165, 1.54) is 0 Å². The molecule has 1 saturated carbocycles. The van der Waals surface area contributed by atoms with Gasteiger partial charge in [0.2, 0.25) is 5.91 Å². The number of alkyl halides is 3. The molecule has 0 spiro atoms. The lowest BCUT2D eigenvalue weighted by molar-refractivity contribution is -0.186. The molecule has 1 aliphatic carbocycles. The van der Waals surface area contributed by atoms with Crippen LogP contribution in [0.15, 0.2) is 0 Å². The molecule has 1 aliphatic rings. The van der Waals surface area contributed by atoms with Crippen molar-refractivity contribution in [3.8, 4) is 6.07 Å². The van der Waals surface area contributed by atoms with E-state index < -0.39 is 18.0 Å². The van der Waals surface area contributed by atoms with Gasteiger partial charge in [-0.1, -0.05) is 6.42 Å². The fourth-order valence-electron chi connectivity index (χ4n) is 2.17. The van der Waals surface area contributed by atoms with Gasteiger partial charge in [0, 0.05) is 12.5 Å². The minimum Gasteiger partial charge on any atom is -0.355 e. The maximum Gasteiger partial charge on any atom is 0.391 e. The van der Waals surface area contributed by atoms with E-state index in [2.05, 4.69) is 5.32 Å².